The van der Waals surface area contributed by atoms with Crippen LogP contribution in [0.3, 0.4) is 0 Å². The standard InChI is InChI=1S/C62H41BN2O2/c1-5-18-42(19-6-1)44-32-36-48(37-33-44)65(49-38-34-45(35-39-49)43-20-7-2-8-21-43)55-41-59-61(53-29-16-14-27-51(53)55)63-60-52-28-15-13-26-50(52)54(40-58(60)66-56-30-17-31-57(67-59)62(56)63)64(46-22-9-3-10-23-46)47-24-11-4-12-25-47/h1-41H. The number of nitrogens with zero attached hydrogens (tertiary/aromatic N) is 2. The molecule has 0 spiro atoms. The van der Waals surface area contributed by atoms with Crippen LogP contribution in [0.1, 0.15) is 0 Å². The van der Waals surface area contributed by atoms with Crippen molar-refractivity contribution in [3.05, 3.63) is 249 Å². The molecule has 11 aromatic rings. The van der Waals surface area contributed by atoms with E-state index in [0.717, 1.165) is 95.1 Å². The Bertz CT molecular complexity index is 3500. The van der Waals surface area contributed by atoms with Crippen LogP contribution < -0.4 is 35.7 Å². The first-order valence-electron chi connectivity index (χ1n) is 22.9. The van der Waals surface area contributed by atoms with Gasteiger partial charge < -0.3 is 19.3 Å². The quantitative estimate of drug-likeness (QED) is 0.142. The Labute approximate surface area is 390 Å². The maximum atomic E-state index is 7.14. The molecule has 314 valence electrons. The van der Waals surface area contributed by atoms with Crippen molar-refractivity contribution in [1.82, 2.24) is 0 Å². The Morgan fingerprint density at radius 1 is 0.254 bits per heavy atom. The third-order valence-electron chi connectivity index (χ3n) is 13.4. The summed E-state index contributed by atoms with van der Waals surface area (Å²) in [7, 11) is 0. The molecule has 11 aromatic carbocycles. The lowest BCUT2D eigenvalue weighted by Crippen LogP contribution is -2.58. The number of ether oxygens (including phenoxy) is 2. The van der Waals surface area contributed by atoms with Crippen LogP contribution >= 0.6 is 0 Å². The molecule has 13 rings (SSSR count). The van der Waals surface area contributed by atoms with Crippen molar-refractivity contribution in [3.63, 3.8) is 0 Å². The van der Waals surface area contributed by atoms with Gasteiger partial charge in [-0.15, -0.1) is 0 Å². The highest BCUT2D eigenvalue weighted by molar-refractivity contribution is 7.01. The molecule has 0 amide bonds. The SMILES string of the molecule is c1ccc(-c2ccc(N(c3ccc(-c4ccccc4)cc3)c3cc4c(c5ccccc35)B3c5c(cccc5O4)Oc4cc(N(c5ccccc5)c5ccccc5)c5ccccc5c43)cc2)cc1. The molecular formula is C62H41BN2O2. The van der Waals surface area contributed by atoms with E-state index in [0.29, 0.717) is 0 Å². The van der Waals surface area contributed by atoms with Gasteiger partial charge in [-0.1, -0.05) is 176 Å². The predicted octanol–water partition coefficient (Wildman–Crippen LogP) is 15.0. The van der Waals surface area contributed by atoms with Gasteiger partial charge in [0.15, 0.2) is 0 Å². The Morgan fingerprint density at radius 3 is 0.985 bits per heavy atom. The number of hydrogen-bond acceptors (Lipinski definition) is 4. The molecule has 5 heteroatoms. The molecule has 0 saturated carbocycles. The van der Waals surface area contributed by atoms with E-state index >= 15 is 0 Å². The van der Waals surface area contributed by atoms with Crippen molar-refractivity contribution < 1.29 is 9.47 Å². The van der Waals surface area contributed by atoms with Crippen LogP contribution in [-0.4, -0.2) is 6.71 Å². The first kappa shape index (κ1) is 38.6. The van der Waals surface area contributed by atoms with Crippen molar-refractivity contribution >= 4 is 78.8 Å². The molecule has 0 aromatic heterocycles. The highest BCUT2D eigenvalue weighted by Crippen LogP contribution is 2.47. The van der Waals surface area contributed by atoms with Gasteiger partial charge in [0.05, 0.1) is 11.4 Å². The smallest absolute Gasteiger partial charge is 0.262 e. The fraction of sp³-hybridized carbons (Fsp3) is 0. The van der Waals surface area contributed by atoms with E-state index in [-0.39, 0.29) is 6.71 Å². The Kier molecular flexibility index (Phi) is 9.24. The van der Waals surface area contributed by atoms with Crippen LogP contribution in [0, 0.1) is 0 Å². The largest absolute Gasteiger partial charge is 0.458 e. The van der Waals surface area contributed by atoms with Crippen molar-refractivity contribution in [1.29, 1.82) is 0 Å². The Balaban J connectivity index is 1.03. The summed E-state index contributed by atoms with van der Waals surface area (Å²) in [4.78, 5) is 4.72. The molecule has 0 aliphatic carbocycles. The number of rotatable bonds is 8. The van der Waals surface area contributed by atoms with E-state index in [2.05, 4.69) is 252 Å². The van der Waals surface area contributed by atoms with E-state index in [1.165, 1.54) is 22.3 Å². The van der Waals surface area contributed by atoms with Gasteiger partial charge >= 0.3 is 0 Å². The maximum Gasteiger partial charge on any atom is 0.262 e. The summed E-state index contributed by atoms with van der Waals surface area (Å²) >= 11 is 0. The van der Waals surface area contributed by atoms with Crippen LogP contribution in [-0.2, 0) is 0 Å². The fourth-order valence-electron chi connectivity index (χ4n) is 10.4. The summed E-state index contributed by atoms with van der Waals surface area (Å²) in [5.41, 5.74) is 14.3. The minimum Gasteiger partial charge on any atom is -0.458 e. The Hall–Kier alpha value is -8.80. The lowest BCUT2D eigenvalue weighted by molar-refractivity contribution is 0.465. The van der Waals surface area contributed by atoms with Gasteiger partial charge in [0, 0.05) is 51.1 Å². The summed E-state index contributed by atoms with van der Waals surface area (Å²) in [6.07, 6.45) is 0. The summed E-state index contributed by atoms with van der Waals surface area (Å²) < 4.78 is 14.2. The summed E-state index contributed by atoms with van der Waals surface area (Å²) in [6, 6.07) is 88.5. The van der Waals surface area contributed by atoms with E-state index in [9.17, 15) is 0 Å². The monoisotopic (exact) mass is 856 g/mol. The highest BCUT2D eigenvalue weighted by Gasteiger charge is 2.43. The average molecular weight is 857 g/mol. The number of fused-ring (bicyclic) bond motifs is 8. The second-order valence-corrected chi connectivity index (χ2v) is 17.2. The molecule has 0 bridgehead atoms. The first-order valence-corrected chi connectivity index (χ1v) is 22.9. The lowest BCUT2D eigenvalue weighted by atomic mass is 9.33. The molecule has 2 aliphatic rings. The van der Waals surface area contributed by atoms with E-state index < -0.39 is 0 Å². The molecule has 0 unspecified atom stereocenters. The molecule has 0 radical (unpaired) electrons. The van der Waals surface area contributed by atoms with Crippen LogP contribution in [0.4, 0.5) is 34.1 Å². The number of para-hydroxylation sites is 2. The zero-order valence-electron chi connectivity index (χ0n) is 36.5. The van der Waals surface area contributed by atoms with Crippen molar-refractivity contribution in [3.8, 4) is 45.3 Å². The van der Waals surface area contributed by atoms with Gasteiger partial charge in [-0.05, 0) is 105 Å². The Morgan fingerprint density at radius 2 is 0.582 bits per heavy atom. The van der Waals surface area contributed by atoms with Crippen LogP contribution in [0.5, 0.6) is 23.0 Å². The first-order chi connectivity index (χ1) is 33.2. The van der Waals surface area contributed by atoms with Gasteiger partial charge in [0.25, 0.3) is 6.71 Å². The van der Waals surface area contributed by atoms with Gasteiger partial charge in [-0.3, -0.25) is 0 Å². The molecule has 2 aliphatic heterocycles. The van der Waals surface area contributed by atoms with Gasteiger partial charge in [0.1, 0.15) is 23.0 Å². The number of anilines is 6. The topological polar surface area (TPSA) is 24.9 Å². The van der Waals surface area contributed by atoms with Crippen molar-refractivity contribution in [2.75, 3.05) is 9.80 Å². The summed E-state index contributed by atoms with van der Waals surface area (Å²) in [5.74, 6) is 3.27. The van der Waals surface area contributed by atoms with Crippen LogP contribution in [0.15, 0.2) is 249 Å². The molecule has 2 heterocycles. The summed E-state index contributed by atoms with van der Waals surface area (Å²) in [6.45, 7) is -0.178. The molecule has 0 fully saturated rings. The zero-order chi connectivity index (χ0) is 44.3. The van der Waals surface area contributed by atoms with E-state index in [1.54, 1.807) is 0 Å². The minimum atomic E-state index is -0.178. The highest BCUT2D eigenvalue weighted by atomic mass is 16.5. The number of hydrogen-bond donors (Lipinski definition) is 0. The maximum absolute atomic E-state index is 7.14. The zero-order valence-corrected chi connectivity index (χ0v) is 36.5. The number of benzene rings is 11. The molecular weight excluding hydrogens is 816 g/mol. The fourth-order valence-corrected chi connectivity index (χ4v) is 10.4. The third kappa shape index (κ3) is 6.55. The van der Waals surface area contributed by atoms with Gasteiger partial charge in [0.2, 0.25) is 0 Å². The van der Waals surface area contributed by atoms with Crippen LogP contribution in [0.25, 0.3) is 43.8 Å². The second kappa shape index (κ2) is 16.0. The van der Waals surface area contributed by atoms with Gasteiger partial charge in [-0.25, -0.2) is 0 Å². The van der Waals surface area contributed by atoms with Crippen molar-refractivity contribution in [2.24, 2.45) is 0 Å². The second-order valence-electron chi connectivity index (χ2n) is 17.2. The lowest BCUT2D eigenvalue weighted by Gasteiger charge is -2.37. The molecule has 4 nitrogen and oxygen atoms in total. The molecule has 0 atom stereocenters. The normalized spacial score (nSPS) is 12.1. The van der Waals surface area contributed by atoms with E-state index in [1.807, 2.05) is 6.07 Å². The average Bonchev–Trinajstić information content (AvgIpc) is 3.40. The van der Waals surface area contributed by atoms with Crippen LogP contribution in [0.2, 0.25) is 0 Å². The molecule has 0 N–H and O–H groups in total. The van der Waals surface area contributed by atoms with E-state index in [4.69, 9.17) is 9.47 Å². The minimum absolute atomic E-state index is 0.178. The predicted molar refractivity (Wildman–Crippen MR) is 279 cm³/mol. The summed E-state index contributed by atoms with van der Waals surface area (Å²) in [5, 5.41) is 4.52. The van der Waals surface area contributed by atoms with Crippen molar-refractivity contribution in [2.45, 2.75) is 0 Å². The molecule has 0 saturated heterocycles. The van der Waals surface area contributed by atoms with Gasteiger partial charge in [-0.2, -0.15) is 0 Å². The third-order valence-corrected chi connectivity index (χ3v) is 13.4. The molecule has 67 heavy (non-hydrogen) atoms.